The van der Waals surface area contributed by atoms with Crippen LogP contribution in [0.1, 0.15) is 43.8 Å². The van der Waals surface area contributed by atoms with E-state index in [1.54, 1.807) is 12.3 Å². The Morgan fingerprint density at radius 3 is 2.54 bits per heavy atom. The average molecular weight is 537 g/mol. The first-order chi connectivity index (χ1) is 19.0. The van der Waals surface area contributed by atoms with Gasteiger partial charge in [-0.3, -0.25) is 14.3 Å². The molecule has 11 heteroatoms. The van der Waals surface area contributed by atoms with Gasteiger partial charge in [-0.1, -0.05) is 0 Å². The number of likely N-dealkylation sites (tertiary alicyclic amines) is 1. The predicted molar refractivity (Wildman–Crippen MR) is 148 cm³/mol. The predicted octanol–water partition coefficient (Wildman–Crippen LogP) is 2.93. The maximum Gasteiger partial charge on any atom is 0.221 e. The van der Waals surface area contributed by atoms with E-state index in [0.717, 1.165) is 75.4 Å². The number of nitrogens with one attached hydrogen (secondary N) is 1. The third kappa shape index (κ3) is 6.03. The number of hydrogen-bond donors (Lipinski definition) is 1. The van der Waals surface area contributed by atoms with Crippen molar-refractivity contribution in [1.29, 1.82) is 0 Å². The van der Waals surface area contributed by atoms with E-state index in [1.165, 1.54) is 18.0 Å². The number of anilines is 2. The first-order valence-electron chi connectivity index (χ1n) is 13.8. The van der Waals surface area contributed by atoms with E-state index in [0.29, 0.717) is 17.7 Å². The van der Waals surface area contributed by atoms with Gasteiger partial charge in [-0.25, -0.2) is 4.39 Å². The molecule has 3 aromatic rings. The fourth-order valence-electron chi connectivity index (χ4n) is 5.84. The zero-order valence-electron chi connectivity index (χ0n) is 22.7. The summed E-state index contributed by atoms with van der Waals surface area (Å²) in [7, 11) is 1.54. The van der Waals surface area contributed by atoms with Crippen molar-refractivity contribution in [3.05, 3.63) is 42.0 Å². The molecule has 0 saturated carbocycles. The van der Waals surface area contributed by atoms with Crippen LogP contribution in [0.15, 0.2) is 30.5 Å². The Labute approximate surface area is 228 Å². The second kappa shape index (κ2) is 12.1. The van der Waals surface area contributed by atoms with Gasteiger partial charge >= 0.3 is 0 Å². The van der Waals surface area contributed by atoms with Gasteiger partial charge in [0.1, 0.15) is 5.82 Å². The molecule has 0 radical (unpaired) electrons. The van der Waals surface area contributed by atoms with Gasteiger partial charge in [0.15, 0.2) is 5.82 Å². The van der Waals surface area contributed by atoms with Crippen LogP contribution < -0.4 is 15.1 Å². The summed E-state index contributed by atoms with van der Waals surface area (Å²) < 4.78 is 16.9. The zero-order chi connectivity index (χ0) is 27.4. The summed E-state index contributed by atoms with van der Waals surface area (Å²) in [4.78, 5) is 29.6. The van der Waals surface area contributed by atoms with Crippen LogP contribution in [0.4, 0.5) is 15.9 Å². The zero-order valence-corrected chi connectivity index (χ0v) is 22.7. The highest BCUT2D eigenvalue weighted by Gasteiger charge is 2.28. The van der Waals surface area contributed by atoms with Gasteiger partial charge in [0.05, 0.1) is 29.1 Å². The Hall–Kier alpha value is -3.60. The monoisotopic (exact) mass is 536 g/mol. The van der Waals surface area contributed by atoms with Gasteiger partial charge in [0.2, 0.25) is 12.3 Å². The number of nitrogens with zero attached hydrogens (tertiary/aromatic N) is 7. The van der Waals surface area contributed by atoms with Gasteiger partial charge in [-0.05, 0) is 62.8 Å². The van der Waals surface area contributed by atoms with E-state index < -0.39 is 5.82 Å². The van der Waals surface area contributed by atoms with Crippen molar-refractivity contribution < 1.29 is 14.0 Å². The number of hydrogen-bond acceptors (Lipinski definition) is 7. The lowest BCUT2D eigenvalue weighted by atomic mass is 9.94. The lowest BCUT2D eigenvalue weighted by molar-refractivity contribution is -0.120. The third-order valence-corrected chi connectivity index (χ3v) is 8.12. The molecule has 10 nitrogen and oxygen atoms in total. The largest absolute Gasteiger partial charge is 0.359 e. The summed E-state index contributed by atoms with van der Waals surface area (Å²) in [5, 5.41) is 16.3. The highest BCUT2D eigenvalue weighted by molar-refractivity contribution is 5.97. The second-order valence-electron chi connectivity index (χ2n) is 10.6. The molecule has 0 bridgehead atoms. The van der Waals surface area contributed by atoms with Gasteiger partial charge < -0.3 is 20.0 Å². The second-order valence-corrected chi connectivity index (χ2v) is 10.6. The lowest BCUT2D eigenvalue weighted by Crippen LogP contribution is -2.42. The average Bonchev–Trinajstić information content (AvgIpc) is 3.39. The molecule has 0 spiro atoms. The smallest absolute Gasteiger partial charge is 0.221 e. The van der Waals surface area contributed by atoms with E-state index in [2.05, 4.69) is 36.5 Å². The molecule has 2 aliphatic heterocycles. The van der Waals surface area contributed by atoms with Gasteiger partial charge in [0.25, 0.3) is 0 Å². The number of fused-ring (bicyclic) bond motifs is 1. The Kier molecular flexibility index (Phi) is 8.35. The molecule has 5 rings (SSSR count). The molecule has 2 saturated heterocycles. The molecule has 0 unspecified atom stereocenters. The van der Waals surface area contributed by atoms with Crippen LogP contribution >= 0.6 is 0 Å². The number of aryl methyl sites for hydroxylation is 1. The summed E-state index contributed by atoms with van der Waals surface area (Å²) in [5.74, 6) is 0.942. The molecule has 208 valence electrons. The van der Waals surface area contributed by atoms with Crippen molar-refractivity contribution in [3.8, 4) is 0 Å². The quantitative estimate of drug-likeness (QED) is 0.420. The molecule has 1 N–H and O–H groups in total. The number of halogens is 1. The topological polar surface area (TPSA) is 99.5 Å². The molecule has 0 aliphatic carbocycles. The fourth-order valence-corrected chi connectivity index (χ4v) is 5.84. The van der Waals surface area contributed by atoms with Crippen molar-refractivity contribution in [1.82, 2.24) is 30.2 Å². The minimum atomic E-state index is -0.499. The maximum absolute atomic E-state index is 14.9. The van der Waals surface area contributed by atoms with Gasteiger partial charge in [-0.15, -0.1) is 5.10 Å². The first kappa shape index (κ1) is 27.0. The van der Waals surface area contributed by atoms with Crippen molar-refractivity contribution >= 4 is 34.7 Å². The number of aromatic nitrogens is 4. The molecule has 2 amide bonds. The van der Waals surface area contributed by atoms with Crippen molar-refractivity contribution in [2.75, 3.05) is 56.1 Å². The molecule has 2 fully saturated rings. The Morgan fingerprint density at radius 1 is 1.10 bits per heavy atom. The fraction of sp³-hybridized carbons (Fsp3) is 0.536. The Bertz CT molecular complexity index is 1280. The molecule has 2 aliphatic rings. The van der Waals surface area contributed by atoms with Crippen LogP contribution in [-0.4, -0.2) is 83.5 Å². The molecule has 0 atom stereocenters. The highest BCUT2D eigenvalue weighted by Crippen LogP contribution is 2.33. The minimum absolute atomic E-state index is 0.0940. The van der Waals surface area contributed by atoms with Crippen LogP contribution in [0.5, 0.6) is 0 Å². The van der Waals surface area contributed by atoms with Crippen molar-refractivity contribution in [3.63, 3.8) is 0 Å². The van der Waals surface area contributed by atoms with Crippen LogP contribution in [0, 0.1) is 18.7 Å². The summed E-state index contributed by atoms with van der Waals surface area (Å²) in [6.07, 6.45) is 6.56. The van der Waals surface area contributed by atoms with Crippen LogP contribution in [0.3, 0.4) is 0 Å². The number of amides is 2. The van der Waals surface area contributed by atoms with E-state index in [-0.39, 0.29) is 30.6 Å². The Balaban J connectivity index is 1.18. The molecular formula is C28H37FN8O2. The molecule has 2 aromatic heterocycles. The summed E-state index contributed by atoms with van der Waals surface area (Å²) in [6.45, 7) is 7.18. The highest BCUT2D eigenvalue weighted by atomic mass is 19.1. The van der Waals surface area contributed by atoms with E-state index in [1.807, 2.05) is 17.7 Å². The van der Waals surface area contributed by atoms with Crippen molar-refractivity contribution in [2.24, 2.45) is 5.92 Å². The molecule has 1 aromatic carbocycles. The van der Waals surface area contributed by atoms with Gasteiger partial charge in [0, 0.05) is 58.1 Å². The molecular weight excluding hydrogens is 499 g/mol. The summed E-state index contributed by atoms with van der Waals surface area (Å²) in [6, 6.07) is 7.42. The standard InChI is InChI=1S/C28H37FN8O2/c1-20-3-6-26(33-32-20)35-14-7-21(8-15-35)18-34-12-9-22(10-13-34)37-25-5-4-24(29)28(23(25)17-31-37)36(19-38)16-11-27(39)30-2/h3-6,17,19,21-22H,7-16,18H2,1-2H3,(H,30,39). The van der Waals surface area contributed by atoms with E-state index in [4.69, 9.17) is 0 Å². The van der Waals surface area contributed by atoms with E-state index >= 15 is 0 Å². The number of rotatable bonds is 9. The third-order valence-electron chi connectivity index (χ3n) is 8.12. The minimum Gasteiger partial charge on any atom is -0.359 e. The summed E-state index contributed by atoms with van der Waals surface area (Å²) in [5.41, 5.74) is 1.93. The SMILES string of the molecule is CNC(=O)CCN(C=O)c1c(F)ccc2c1cnn2C1CCN(CC2CCN(c3ccc(C)nn3)CC2)CC1. The first-order valence-corrected chi connectivity index (χ1v) is 13.8. The maximum atomic E-state index is 14.9. The van der Waals surface area contributed by atoms with Crippen LogP contribution in [-0.2, 0) is 9.59 Å². The molecule has 39 heavy (non-hydrogen) atoms. The number of piperidine rings is 2. The lowest BCUT2D eigenvalue weighted by Gasteiger charge is -2.38. The van der Waals surface area contributed by atoms with Gasteiger partial charge in [-0.2, -0.15) is 10.2 Å². The Morgan fingerprint density at radius 2 is 1.87 bits per heavy atom. The normalized spacial score (nSPS) is 17.5. The van der Waals surface area contributed by atoms with Crippen molar-refractivity contribution in [2.45, 2.75) is 45.1 Å². The number of benzene rings is 1. The van der Waals surface area contributed by atoms with E-state index in [9.17, 15) is 14.0 Å². The van der Waals surface area contributed by atoms with Crippen LogP contribution in [0.25, 0.3) is 10.9 Å². The number of carbonyl (C=O) groups excluding carboxylic acids is 2. The number of carbonyl (C=O) groups is 2. The molecule has 4 heterocycles. The summed E-state index contributed by atoms with van der Waals surface area (Å²) >= 11 is 0. The van der Waals surface area contributed by atoms with Crippen LogP contribution in [0.2, 0.25) is 0 Å².